The van der Waals surface area contributed by atoms with Crippen molar-refractivity contribution in [2.45, 2.75) is 51.5 Å². The third-order valence-corrected chi connectivity index (χ3v) is 4.06. The van der Waals surface area contributed by atoms with Crippen molar-refractivity contribution in [2.24, 2.45) is 5.92 Å². The van der Waals surface area contributed by atoms with E-state index in [0.29, 0.717) is 0 Å². The summed E-state index contributed by atoms with van der Waals surface area (Å²) in [5.41, 5.74) is 0. The summed E-state index contributed by atoms with van der Waals surface area (Å²) < 4.78 is 5.12. The van der Waals surface area contributed by atoms with Crippen LogP contribution in [0, 0.1) is 5.92 Å². The molecule has 1 aliphatic rings. The highest BCUT2D eigenvalue weighted by Gasteiger charge is 2.23. The summed E-state index contributed by atoms with van der Waals surface area (Å²) >= 11 is 0. The standard InChI is InChI=1S/C15H32N2O/c1-4-16-15-10-7-5-6-9-14(15)13-17(2)11-8-12-18-3/h14-16H,4-13H2,1-3H3. The zero-order valence-corrected chi connectivity index (χ0v) is 12.6. The number of nitrogens with one attached hydrogen (secondary N) is 1. The topological polar surface area (TPSA) is 24.5 Å². The van der Waals surface area contributed by atoms with Crippen LogP contribution < -0.4 is 5.32 Å². The molecule has 1 N–H and O–H groups in total. The molecule has 0 aliphatic heterocycles. The van der Waals surface area contributed by atoms with E-state index < -0.39 is 0 Å². The Balaban J connectivity index is 2.34. The molecule has 2 atom stereocenters. The Morgan fingerprint density at radius 3 is 2.72 bits per heavy atom. The lowest BCUT2D eigenvalue weighted by Gasteiger charge is -2.30. The van der Waals surface area contributed by atoms with E-state index in [0.717, 1.165) is 38.1 Å². The number of rotatable bonds is 8. The second kappa shape index (κ2) is 9.76. The van der Waals surface area contributed by atoms with Gasteiger partial charge in [0.1, 0.15) is 0 Å². The lowest BCUT2D eigenvalue weighted by atomic mass is 9.94. The first-order chi connectivity index (χ1) is 8.77. The molecule has 0 heterocycles. The second-order valence-electron chi connectivity index (χ2n) is 5.67. The van der Waals surface area contributed by atoms with Crippen LogP contribution in [0.25, 0.3) is 0 Å². The minimum atomic E-state index is 0.738. The lowest BCUT2D eigenvalue weighted by Crippen LogP contribution is -2.41. The van der Waals surface area contributed by atoms with Crippen LogP contribution in [-0.2, 0) is 4.74 Å². The third kappa shape index (κ3) is 6.17. The van der Waals surface area contributed by atoms with Gasteiger partial charge in [-0.1, -0.05) is 26.2 Å². The molecule has 0 aromatic rings. The minimum Gasteiger partial charge on any atom is -0.385 e. The Bertz CT molecular complexity index is 199. The van der Waals surface area contributed by atoms with Gasteiger partial charge in [-0.3, -0.25) is 0 Å². The van der Waals surface area contributed by atoms with Gasteiger partial charge in [0.25, 0.3) is 0 Å². The molecule has 0 aromatic carbocycles. The Kier molecular flexibility index (Phi) is 8.64. The maximum atomic E-state index is 5.12. The molecule has 1 aliphatic carbocycles. The predicted octanol–water partition coefficient (Wildman–Crippen LogP) is 2.51. The van der Waals surface area contributed by atoms with Crippen LogP contribution in [0.15, 0.2) is 0 Å². The molecule has 108 valence electrons. The average molecular weight is 256 g/mol. The SMILES string of the molecule is CCNC1CCCCCC1CN(C)CCCOC. The van der Waals surface area contributed by atoms with Gasteiger partial charge in [-0.15, -0.1) is 0 Å². The molecule has 0 spiro atoms. The molecular weight excluding hydrogens is 224 g/mol. The molecule has 0 amide bonds. The van der Waals surface area contributed by atoms with Crippen LogP contribution >= 0.6 is 0 Å². The molecule has 1 fully saturated rings. The summed E-state index contributed by atoms with van der Waals surface area (Å²) in [4.78, 5) is 2.49. The van der Waals surface area contributed by atoms with E-state index >= 15 is 0 Å². The minimum absolute atomic E-state index is 0.738. The zero-order chi connectivity index (χ0) is 13.2. The Labute approximate surface area is 113 Å². The van der Waals surface area contributed by atoms with Gasteiger partial charge in [-0.2, -0.15) is 0 Å². The highest BCUT2D eigenvalue weighted by atomic mass is 16.5. The Morgan fingerprint density at radius 2 is 2.00 bits per heavy atom. The number of hydrogen-bond acceptors (Lipinski definition) is 3. The number of hydrogen-bond donors (Lipinski definition) is 1. The molecule has 0 radical (unpaired) electrons. The third-order valence-electron chi connectivity index (χ3n) is 4.06. The van der Waals surface area contributed by atoms with Crippen LogP contribution in [0.3, 0.4) is 0 Å². The fourth-order valence-electron chi connectivity index (χ4n) is 3.10. The van der Waals surface area contributed by atoms with Gasteiger partial charge >= 0.3 is 0 Å². The summed E-state index contributed by atoms with van der Waals surface area (Å²) in [6.07, 6.45) is 8.15. The van der Waals surface area contributed by atoms with Crippen LogP contribution in [0.1, 0.15) is 45.4 Å². The summed E-state index contributed by atoms with van der Waals surface area (Å²) in [6, 6.07) is 0.738. The van der Waals surface area contributed by atoms with Crippen molar-refractivity contribution in [3.63, 3.8) is 0 Å². The lowest BCUT2D eigenvalue weighted by molar-refractivity contribution is 0.167. The number of nitrogens with zero attached hydrogens (tertiary/aromatic N) is 1. The van der Waals surface area contributed by atoms with Crippen molar-refractivity contribution in [3.8, 4) is 0 Å². The molecule has 0 aromatic heterocycles. The van der Waals surface area contributed by atoms with Gasteiger partial charge in [-0.25, -0.2) is 0 Å². The van der Waals surface area contributed by atoms with Crippen LogP contribution in [0.4, 0.5) is 0 Å². The number of methoxy groups -OCH3 is 1. The monoisotopic (exact) mass is 256 g/mol. The molecule has 3 nitrogen and oxygen atoms in total. The largest absolute Gasteiger partial charge is 0.385 e. The van der Waals surface area contributed by atoms with Crippen LogP contribution in [-0.4, -0.2) is 51.3 Å². The van der Waals surface area contributed by atoms with E-state index in [2.05, 4.69) is 24.2 Å². The summed E-state index contributed by atoms with van der Waals surface area (Å²) in [7, 11) is 4.04. The Hall–Kier alpha value is -0.120. The predicted molar refractivity (Wildman–Crippen MR) is 78.0 cm³/mol. The van der Waals surface area contributed by atoms with Gasteiger partial charge < -0.3 is 15.0 Å². The van der Waals surface area contributed by atoms with Crippen molar-refractivity contribution in [2.75, 3.05) is 40.4 Å². The smallest absolute Gasteiger partial charge is 0.0474 e. The van der Waals surface area contributed by atoms with E-state index in [-0.39, 0.29) is 0 Å². The van der Waals surface area contributed by atoms with Crippen molar-refractivity contribution in [3.05, 3.63) is 0 Å². The van der Waals surface area contributed by atoms with E-state index in [1.165, 1.54) is 38.6 Å². The van der Waals surface area contributed by atoms with Gasteiger partial charge in [0.05, 0.1) is 0 Å². The zero-order valence-electron chi connectivity index (χ0n) is 12.6. The molecule has 2 unspecified atom stereocenters. The van der Waals surface area contributed by atoms with Crippen molar-refractivity contribution < 1.29 is 4.74 Å². The highest BCUT2D eigenvalue weighted by Crippen LogP contribution is 2.24. The fraction of sp³-hybridized carbons (Fsp3) is 1.00. The van der Waals surface area contributed by atoms with Gasteiger partial charge in [-0.05, 0) is 38.8 Å². The normalized spacial score (nSPS) is 25.3. The first-order valence-corrected chi connectivity index (χ1v) is 7.68. The van der Waals surface area contributed by atoms with E-state index in [1.54, 1.807) is 7.11 Å². The van der Waals surface area contributed by atoms with E-state index in [4.69, 9.17) is 4.74 Å². The van der Waals surface area contributed by atoms with Crippen LogP contribution in [0.5, 0.6) is 0 Å². The van der Waals surface area contributed by atoms with Crippen molar-refractivity contribution in [1.29, 1.82) is 0 Å². The highest BCUT2D eigenvalue weighted by molar-refractivity contribution is 4.81. The average Bonchev–Trinajstić information content (AvgIpc) is 2.56. The molecule has 0 bridgehead atoms. The summed E-state index contributed by atoms with van der Waals surface area (Å²) in [5.74, 6) is 0.833. The van der Waals surface area contributed by atoms with Gasteiger partial charge in [0.2, 0.25) is 0 Å². The maximum Gasteiger partial charge on any atom is 0.0474 e. The maximum absolute atomic E-state index is 5.12. The molecule has 0 saturated heterocycles. The number of ether oxygens (including phenoxy) is 1. The summed E-state index contributed by atoms with van der Waals surface area (Å²) in [6.45, 7) is 6.61. The van der Waals surface area contributed by atoms with Crippen molar-refractivity contribution in [1.82, 2.24) is 10.2 Å². The first-order valence-electron chi connectivity index (χ1n) is 7.68. The fourth-order valence-corrected chi connectivity index (χ4v) is 3.10. The molecule has 1 saturated carbocycles. The van der Waals surface area contributed by atoms with E-state index in [1.807, 2.05) is 0 Å². The van der Waals surface area contributed by atoms with Crippen LogP contribution in [0.2, 0.25) is 0 Å². The molecular formula is C15H32N2O. The molecule has 18 heavy (non-hydrogen) atoms. The van der Waals surface area contributed by atoms with E-state index in [9.17, 15) is 0 Å². The quantitative estimate of drug-likeness (QED) is 0.533. The molecule has 1 rings (SSSR count). The molecule has 3 heteroatoms. The van der Waals surface area contributed by atoms with Gasteiger partial charge in [0, 0.05) is 32.8 Å². The van der Waals surface area contributed by atoms with Gasteiger partial charge in [0.15, 0.2) is 0 Å². The first kappa shape index (κ1) is 15.9. The Morgan fingerprint density at radius 1 is 1.22 bits per heavy atom. The summed E-state index contributed by atoms with van der Waals surface area (Å²) in [5, 5.41) is 3.70. The van der Waals surface area contributed by atoms with Crippen molar-refractivity contribution >= 4 is 0 Å². The second-order valence-corrected chi connectivity index (χ2v) is 5.67.